The van der Waals surface area contributed by atoms with E-state index in [9.17, 15) is 4.79 Å². The Bertz CT molecular complexity index is 1050. The Balaban J connectivity index is 1.45. The lowest BCUT2D eigenvalue weighted by Crippen LogP contribution is -2.36. The first-order valence-corrected chi connectivity index (χ1v) is 10.9. The van der Waals surface area contributed by atoms with Crippen LogP contribution in [0.5, 0.6) is 0 Å². The Hall–Kier alpha value is -2.88. The van der Waals surface area contributed by atoms with Crippen LogP contribution in [0.1, 0.15) is 59.8 Å². The maximum Gasteiger partial charge on any atom is 0.223 e. The van der Waals surface area contributed by atoms with E-state index in [4.69, 9.17) is 5.10 Å². The summed E-state index contributed by atoms with van der Waals surface area (Å²) in [6.45, 7) is 10.1. The molecule has 0 saturated heterocycles. The Morgan fingerprint density at radius 2 is 1.73 bits per heavy atom. The second-order valence-corrected chi connectivity index (χ2v) is 8.64. The van der Waals surface area contributed by atoms with Crippen LogP contribution >= 0.6 is 0 Å². The zero-order valence-corrected chi connectivity index (χ0v) is 18.5. The zero-order valence-electron chi connectivity index (χ0n) is 18.5. The lowest BCUT2D eigenvalue weighted by atomic mass is 9.99. The summed E-state index contributed by atoms with van der Waals surface area (Å²) in [6, 6.07) is 17.1. The van der Waals surface area contributed by atoms with Crippen molar-refractivity contribution in [2.45, 2.75) is 59.4 Å². The minimum atomic E-state index is 0.234. The summed E-state index contributed by atoms with van der Waals surface area (Å²) in [4.78, 5) is 14.9. The molecule has 0 bridgehead atoms. The molecule has 0 radical (unpaired) electrons. The summed E-state index contributed by atoms with van der Waals surface area (Å²) in [6.07, 6.45) is 2.21. The average Bonchev–Trinajstić information content (AvgIpc) is 3.05. The third kappa shape index (κ3) is 4.04. The van der Waals surface area contributed by atoms with Crippen LogP contribution in [0.2, 0.25) is 0 Å². The standard InChI is InChI=1S/C26H31N3O/c1-18(2)21-9-11-24(12-10-21)29-20(4)25(19(3)27-29)13-14-26(30)28-16-15-22-7-5-6-8-23(22)17-28/h5-12,18H,13-17H2,1-4H3. The lowest BCUT2D eigenvalue weighted by Gasteiger charge is -2.29. The molecule has 0 unspecified atom stereocenters. The fourth-order valence-electron chi connectivity index (χ4n) is 4.39. The van der Waals surface area contributed by atoms with Crippen molar-refractivity contribution in [1.29, 1.82) is 0 Å². The highest BCUT2D eigenvalue weighted by Crippen LogP contribution is 2.23. The molecular formula is C26H31N3O. The van der Waals surface area contributed by atoms with Crippen molar-refractivity contribution in [1.82, 2.24) is 14.7 Å². The second kappa shape index (κ2) is 8.47. The summed E-state index contributed by atoms with van der Waals surface area (Å²) in [5.41, 5.74) is 8.38. The van der Waals surface area contributed by atoms with Gasteiger partial charge in [0, 0.05) is 25.2 Å². The van der Waals surface area contributed by atoms with Gasteiger partial charge in [-0.3, -0.25) is 4.79 Å². The van der Waals surface area contributed by atoms with Gasteiger partial charge in [0.15, 0.2) is 0 Å². The predicted octanol–water partition coefficient (Wildman–Crippen LogP) is 5.13. The molecule has 0 atom stereocenters. The minimum absolute atomic E-state index is 0.234. The number of fused-ring (bicyclic) bond motifs is 1. The third-order valence-corrected chi connectivity index (χ3v) is 6.32. The first-order chi connectivity index (χ1) is 14.4. The Kier molecular flexibility index (Phi) is 5.76. The van der Waals surface area contributed by atoms with Gasteiger partial charge in [0.1, 0.15) is 0 Å². The molecule has 0 spiro atoms. The maximum atomic E-state index is 12.9. The van der Waals surface area contributed by atoms with Crippen molar-refractivity contribution in [2.24, 2.45) is 0 Å². The van der Waals surface area contributed by atoms with E-state index in [-0.39, 0.29) is 5.91 Å². The first kappa shape index (κ1) is 20.4. The Morgan fingerprint density at radius 3 is 2.43 bits per heavy atom. The molecule has 0 fully saturated rings. The highest BCUT2D eigenvalue weighted by molar-refractivity contribution is 5.77. The number of nitrogens with zero attached hydrogens (tertiary/aromatic N) is 3. The topological polar surface area (TPSA) is 38.1 Å². The molecule has 1 amide bonds. The number of amides is 1. The first-order valence-electron chi connectivity index (χ1n) is 10.9. The van der Waals surface area contributed by atoms with Gasteiger partial charge in [-0.15, -0.1) is 0 Å². The van der Waals surface area contributed by atoms with E-state index in [1.54, 1.807) is 0 Å². The number of carbonyl (C=O) groups is 1. The summed E-state index contributed by atoms with van der Waals surface area (Å²) in [5, 5.41) is 4.77. The number of rotatable bonds is 5. The molecule has 4 nitrogen and oxygen atoms in total. The van der Waals surface area contributed by atoms with Crippen LogP contribution in [-0.4, -0.2) is 27.1 Å². The van der Waals surface area contributed by atoms with Crippen molar-refractivity contribution >= 4 is 5.91 Å². The van der Waals surface area contributed by atoms with E-state index in [2.05, 4.69) is 69.3 Å². The normalized spacial score (nSPS) is 13.6. The molecule has 0 N–H and O–H groups in total. The van der Waals surface area contributed by atoms with Gasteiger partial charge < -0.3 is 4.90 Å². The van der Waals surface area contributed by atoms with Crippen LogP contribution in [0.3, 0.4) is 0 Å². The van der Waals surface area contributed by atoms with Crippen molar-refractivity contribution < 1.29 is 4.79 Å². The van der Waals surface area contributed by atoms with Gasteiger partial charge in [0.05, 0.1) is 11.4 Å². The van der Waals surface area contributed by atoms with Crippen molar-refractivity contribution in [2.75, 3.05) is 6.54 Å². The summed E-state index contributed by atoms with van der Waals surface area (Å²) < 4.78 is 2.01. The Morgan fingerprint density at radius 1 is 1.03 bits per heavy atom. The number of hydrogen-bond donors (Lipinski definition) is 0. The van der Waals surface area contributed by atoms with Crippen LogP contribution in [-0.2, 0) is 24.2 Å². The molecule has 3 aromatic rings. The molecule has 2 aromatic carbocycles. The minimum Gasteiger partial charge on any atom is -0.338 e. The van der Waals surface area contributed by atoms with Crippen molar-refractivity contribution in [3.8, 4) is 5.69 Å². The summed E-state index contributed by atoms with van der Waals surface area (Å²) in [7, 11) is 0. The van der Waals surface area contributed by atoms with Crippen LogP contribution < -0.4 is 0 Å². The smallest absolute Gasteiger partial charge is 0.223 e. The number of aryl methyl sites for hydroxylation is 1. The number of carbonyl (C=O) groups excluding carboxylic acids is 1. The second-order valence-electron chi connectivity index (χ2n) is 8.64. The molecule has 1 aliphatic rings. The summed E-state index contributed by atoms with van der Waals surface area (Å²) in [5.74, 6) is 0.750. The maximum absolute atomic E-state index is 12.9. The van der Waals surface area contributed by atoms with Crippen LogP contribution in [0.15, 0.2) is 48.5 Å². The zero-order chi connectivity index (χ0) is 21.3. The van der Waals surface area contributed by atoms with Gasteiger partial charge in [-0.1, -0.05) is 50.2 Å². The molecule has 30 heavy (non-hydrogen) atoms. The molecule has 4 heteroatoms. The molecule has 4 rings (SSSR count). The van der Waals surface area contributed by atoms with Gasteiger partial charge in [-0.25, -0.2) is 4.68 Å². The number of benzene rings is 2. The SMILES string of the molecule is Cc1nn(-c2ccc(C(C)C)cc2)c(C)c1CCC(=O)N1CCc2ccccc2C1. The molecule has 0 saturated carbocycles. The van der Waals surface area contributed by atoms with E-state index in [0.29, 0.717) is 12.3 Å². The molecule has 2 heterocycles. The molecular weight excluding hydrogens is 370 g/mol. The molecule has 0 aliphatic carbocycles. The molecule has 156 valence electrons. The largest absolute Gasteiger partial charge is 0.338 e. The van der Waals surface area contributed by atoms with E-state index in [1.807, 2.05) is 16.5 Å². The molecule has 1 aromatic heterocycles. The van der Waals surface area contributed by atoms with Crippen LogP contribution in [0.25, 0.3) is 5.69 Å². The average molecular weight is 402 g/mol. The van der Waals surface area contributed by atoms with Crippen molar-refractivity contribution in [3.63, 3.8) is 0 Å². The van der Waals surface area contributed by atoms with Gasteiger partial charge in [-0.05, 0) is 67.0 Å². The van der Waals surface area contributed by atoms with Crippen molar-refractivity contribution in [3.05, 3.63) is 82.2 Å². The lowest BCUT2D eigenvalue weighted by molar-refractivity contribution is -0.132. The van der Waals surface area contributed by atoms with E-state index in [0.717, 1.165) is 43.0 Å². The van der Waals surface area contributed by atoms with Crippen LogP contribution in [0.4, 0.5) is 0 Å². The number of aromatic nitrogens is 2. The fourth-order valence-corrected chi connectivity index (χ4v) is 4.39. The quantitative estimate of drug-likeness (QED) is 0.594. The predicted molar refractivity (Wildman–Crippen MR) is 121 cm³/mol. The monoisotopic (exact) mass is 401 g/mol. The van der Waals surface area contributed by atoms with E-state index < -0.39 is 0 Å². The third-order valence-electron chi connectivity index (χ3n) is 6.32. The molecule has 1 aliphatic heterocycles. The van der Waals surface area contributed by atoms with Gasteiger partial charge >= 0.3 is 0 Å². The van der Waals surface area contributed by atoms with Gasteiger partial charge in [-0.2, -0.15) is 5.10 Å². The number of hydrogen-bond acceptors (Lipinski definition) is 2. The highest BCUT2D eigenvalue weighted by atomic mass is 16.2. The van der Waals surface area contributed by atoms with E-state index in [1.165, 1.54) is 22.3 Å². The Labute approximate surface area is 179 Å². The van der Waals surface area contributed by atoms with Gasteiger partial charge in [0.2, 0.25) is 5.91 Å². The summed E-state index contributed by atoms with van der Waals surface area (Å²) >= 11 is 0. The highest BCUT2D eigenvalue weighted by Gasteiger charge is 2.21. The van der Waals surface area contributed by atoms with E-state index >= 15 is 0 Å². The fraction of sp³-hybridized carbons (Fsp3) is 0.385. The van der Waals surface area contributed by atoms with Crippen LogP contribution in [0, 0.1) is 13.8 Å². The van der Waals surface area contributed by atoms with Gasteiger partial charge in [0.25, 0.3) is 0 Å².